The monoisotopic (exact) mass is 210 g/mol. The molecule has 0 spiro atoms. The third-order valence-electron chi connectivity index (χ3n) is 2.01. The molecule has 2 rings (SSSR count). The summed E-state index contributed by atoms with van der Waals surface area (Å²) in [7, 11) is 2.08. The van der Waals surface area contributed by atoms with Crippen molar-refractivity contribution < 1.29 is 4.58 Å². The SMILES string of the molecule is C[N+]1=CCc2cc(Br)ccc21. The molecule has 0 atom stereocenters. The summed E-state index contributed by atoms with van der Waals surface area (Å²) >= 11 is 3.45. The third-order valence-corrected chi connectivity index (χ3v) is 2.50. The molecule has 1 aliphatic rings. The lowest BCUT2D eigenvalue weighted by Crippen LogP contribution is -1.91. The van der Waals surface area contributed by atoms with Crippen molar-refractivity contribution in [2.24, 2.45) is 0 Å². The van der Waals surface area contributed by atoms with Crippen molar-refractivity contribution >= 4 is 27.8 Å². The summed E-state index contributed by atoms with van der Waals surface area (Å²) in [6, 6.07) is 6.40. The van der Waals surface area contributed by atoms with Crippen LogP contribution in [0.5, 0.6) is 0 Å². The largest absolute Gasteiger partial charge is 0.208 e. The molecule has 56 valence electrons. The van der Waals surface area contributed by atoms with E-state index in [1.807, 2.05) is 0 Å². The summed E-state index contributed by atoms with van der Waals surface area (Å²) in [5.74, 6) is 0. The van der Waals surface area contributed by atoms with E-state index in [1.165, 1.54) is 15.7 Å². The maximum Gasteiger partial charge on any atom is 0.208 e. The van der Waals surface area contributed by atoms with Gasteiger partial charge in [-0.3, -0.25) is 0 Å². The lowest BCUT2D eigenvalue weighted by Gasteiger charge is -1.94. The summed E-state index contributed by atoms with van der Waals surface area (Å²) in [5.41, 5.74) is 2.73. The summed E-state index contributed by atoms with van der Waals surface area (Å²) in [4.78, 5) is 0. The van der Waals surface area contributed by atoms with Gasteiger partial charge in [0.25, 0.3) is 0 Å². The molecule has 0 radical (unpaired) electrons. The Bertz CT molecular complexity index is 328. The van der Waals surface area contributed by atoms with E-state index >= 15 is 0 Å². The fourth-order valence-electron chi connectivity index (χ4n) is 1.40. The van der Waals surface area contributed by atoms with E-state index in [-0.39, 0.29) is 0 Å². The van der Waals surface area contributed by atoms with Crippen LogP contribution in [-0.2, 0) is 6.42 Å². The number of benzene rings is 1. The van der Waals surface area contributed by atoms with Gasteiger partial charge < -0.3 is 0 Å². The Morgan fingerprint density at radius 3 is 3.09 bits per heavy atom. The average molecular weight is 211 g/mol. The zero-order valence-electron chi connectivity index (χ0n) is 6.34. The molecule has 1 heterocycles. The van der Waals surface area contributed by atoms with Gasteiger partial charge in [-0.05, 0) is 12.1 Å². The van der Waals surface area contributed by atoms with Crippen LogP contribution in [0.4, 0.5) is 5.69 Å². The maximum absolute atomic E-state index is 3.45. The summed E-state index contributed by atoms with van der Waals surface area (Å²) < 4.78 is 3.34. The van der Waals surface area contributed by atoms with Gasteiger partial charge >= 0.3 is 0 Å². The number of nitrogens with zero attached hydrogens (tertiary/aromatic N) is 1. The van der Waals surface area contributed by atoms with Gasteiger partial charge in [-0.15, -0.1) is 0 Å². The second-order valence-corrected chi connectivity index (χ2v) is 3.69. The molecule has 0 bridgehead atoms. The molecule has 2 heteroatoms. The van der Waals surface area contributed by atoms with Crippen LogP contribution in [0.15, 0.2) is 22.7 Å². The molecule has 1 aromatic rings. The lowest BCUT2D eigenvalue weighted by molar-refractivity contribution is -0.396. The van der Waals surface area contributed by atoms with Crippen molar-refractivity contribution in [3.8, 4) is 0 Å². The molecule has 1 aliphatic heterocycles. The topological polar surface area (TPSA) is 3.01 Å². The summed E-state index contributed by atoms with van der Waals surface area (Å²) in [5, 5.41) is 0. The van der Waals surface area contributed by atoms with Gasteiger partial charge in [0, 0.05) is 16.1 Å². The average Bonchev–Trinajstić information content (AvgIpc) is 2.32. The van der Waals surface area contributed by atoms with E-state index in [0.29, 0.717) is 0 Å². The minimum atomic E-state index is 1.06. The fourth-order valence-corrected chi connectivity index (χ4v) is 1.80. The van der Waals surface area contributed by atoms with Crippen LogP contribution in [0.25, 0.3) is 0 Å². The Hall–Kier alpha value is -0.630. The van der Waals surface area contributed by atoms with E-state index in [9.17, 15) is 0 Å². The molecule has 0 unspecified atom stereocenters. The highest BCUT2D eigenvalue weighted by Crippen LogP contribution is 2.25. The second kappa shape index (κ2) is 2.45. The van der Waals surface area contributed by atoms with Crippen molar-refractivity contribution in [1.82, 2.24) is 0 Å². The summed E-state index contributed by atoms with van der Waals surface area (Å²) in [6.07, 6.45) is 3.25. The Kier molecular flexibility index (Phi) is 1.57. The van der Waals surface area contributed by atoms with Gasteiger partial charge in [-0.2, -0.15) is 0 Å². The van der Waals surface area contributed by atoms with Crippen LogP contribution in [0.3, 0.4) is 0 Å². The van der Waals surface area contributed by atoms with Gasteiger partial charge in [0.15, 0.2) is 0 Å². The van der Waals surface area contributed by atoms with Crippen molar-refractivity contribution in [2.45, 2.75) is 6.42 Å². The molecule has 0 N–H and O–H groups in total. The number of hydrogen-bond acceptors (Lipinski definition) is 0. The quantitative estimate of drug-likeness (QED) is 0.579. The molecular weight excluding hydrogens is 202 g/mol. The summed E-state index contributed by atoms with van der Waals surface area (Å²) in [6.45, 7) is 0. The fraction of sp³-hybridized carbons (Fsp3) is 0.222. The first-order valence-corrected chi connectivity index (χ1v) is 4.41. The van der Waals surface area contributed by atoms with E-state index in [1.54, 1.807) is 0 Å². The Morgan fingerprint density at radius 1 is 1.45 bits per heavy atom. The van der Waals surface area contributed by atoms with Crippen molar-refractivity contribution in [3.63, 3.8) is 0 Å². The zero-order valence-corrected chi connectivity index (χ0v) is 7.93. The first-order chi connectivity index (χ1) is 5.27. The third kappa shape index (κ3) is 1.11. The van der Waals surface area contributed by atoms with E-state index in [2.05, 4.69) is 52.0 Å². The molecule has 1 nitrogen and oxygen atoms in total. The van der Waals surface area contributed by atoms with Crippen LogP contribution in [0.1, 0.15) is 5.56 Å². The number of fused-ring (bicyclic) bond motifs is 1. The minimum absolute atomic E-state index is 1.06. The predicted octanol–water partition coefficient (Wildman–Crippen LogP) is 2.35. The molecule has 0 saturated carbocycles. The first kappa shape index (κ1) is 7.04. The van der Waals surface area contributed by atoms with Gasteiger partial charge in [0.2, 0.25) is 5.69 Å². The number of halogens is 1. The first-order valence-electron chi connectivity index (χ1n) is 3.62. The molecule has 0 aliphatic carbocycles. The number of rotatable bonds is 0. The highest BCUT2D eigenvalue weighted by molar-refractivity contribution is 9.10. The van der Waals surface area contributed by atoms with Crippen LogP contribution in [0.2, 0.25) is 0 Å². The van der Waals surface area contributed by atoms with Gasteiger partial charge in [-0.1, -0.05) is 15.9 Å². The van der Waals surface area contributed by atoms with Crippen LogP contribution in [0, 0.1) is 0 Å². The van der Waals surface area contributed by atoms with Crippen molar-refractivity contribution in [2.75, 3.05) is 7.05 Å². The van der Waals surface area contributed by atoms with Gasteiger partial charge in [0.05, 0.1) is 6.42 Å². The molecule has 0 saturated heterocycles. The highest BCUT2D eigenvalue weighted by Gasteiger charge is 2.17. The van der Waals surface area contributed by atoms with Crippen molar-refractivity contribution in [1.29, 1.82) is 0 Å². The van der Waals surface area contributed by atoms with Crippen LogP contribution < -0.4 is 0 Å². The molecular formula is C9H9BrN+. The molecule has 11 heavy (non-hydrogen) atoms. The van der Waals surface area contributed by atoms with E-state index in [4.69, 9.17) is 0 Å². The Morgan fingerprint density at radius 2 is 2.27 bits per heavy atom. The number of hydrogen-bond donors (Lipinski definition) is 0. The van der Waals surface area contributed by atoms with Gasteiger partial charge in [0.1, 0.15) is 13.3 Å². The van der Waals surface area contributed by atoms with E-state index < -0.39 is 0 Å². The molecule has 0 amide bonds. The maximum atomic E-state index is 3.45. The standard InChI is InChI=1S/C9H9BrN/c1-11-5-4-7-6-8(10)2-3-9(7)11/h2-3,5-6H,4H2,1H3/q+1. The Labute approximate surface area is 74.5 Å². The van der Waals surface area contributed by atoms with Gasteiger partial charge in [-0.25, -0.2) is 4.58 Å². The molecule has 1 aromatic carbocycles. The normalized spacial score (nSPS) is 14.5. The Balaban J connectivity index is 2.58. The highest BCUT2D eigenvalue weighted by atomic mass is 79.9. The van der Waals surface area contributed by atoms with Crippen LogP contribution in [-0.4, -0.2) is 17.8 Å². The predicted molar refractivity (Wildman–Crippen MR) is 49.8 cm³/mol. The second-order valence-electron chi connectivity index (χ2n) is 2.77. The molecule has 0 aromatic heterocycles. The molecule has 0 fully saturated rings. The zero-order chi connectivity index (χ0) is 7.84. The van der Waals surface area contributed by atoms with E-state index in [0.717, 1.165) is 6.42 Å². The van der Waals surface area contributed by atoms with Crippen LogP contribution >= 0.6 is 15.9 Å². The van der Waals surface area contributed by atoms with Crippen molar-refractivity contribution in [3.05, 3.63) is 28.2 Å². The minimum Gasteiger partial charge on any atom is -0.205 e. The smallest absolute Gasteiger partial charge is 0.205 e. The lowest BCUT2D eigenvalue weighted by atomic mass is 10.2.